The van der Waals surface area contributed by atoms with Crippen molar-refractivity contribution >= 4 is 11.9 Å². The van der Waals surface area contributed by atoms with Gasteiger partial charge in [-0.15, -0.1) is 0 Å². The number of nitrogens with one attached hydrogen (secondary N) is 1. The second-order valence-electron chi connectivity index (χ2n) is 7.93. The molecule has 2 saturated carbocycles. The Morgan fingerprint density at radius 1 is 1.31 bits per heavy atom. The fraction of sp³-hybridized carbons (Fsp3) is 0.737. The molecule has 0 aromatic carbocycles. The van der Waals surface area contributed by atoms with Crippen LogP contribution in [-0.2, 0) is 23.1 Å². The molecule has 1 aromatic rings. The largest absolute Gasteiger partial charge is 0.480 e. The Morgan fingerprint density at radius 2 is 2.00 bits per heavy atom. The Hall–Kier alpha value is -1.89. The number of aromatic nitrogens is 2. The summed E-state index contributed by atoms with van der Waals surface area (Å²) in [5, 5.41) is 16.6. The van der Waals surface area contributed by atoms with Gasteiger partial charge in [0.05, 0.1) is 12.2 Å². The van der Waals surface area contributed by atoms with Crippen molar-refractivity contribution < 1.29 is 14.7 Å². The summed E-state index contributed by atoms with van der Waals surface area (Å²) in [6, 6.07) is 0.471. The van der Waals surface area contributed by atoms with Crippen LogP contribution in [0.25, 0.3) is 0 Å². The summed E-state index contributed by atoms with van der Waals surface area (Å²) in [7, 11) is 1.92. The van der Waals surface area contributed by atoms with Crippen LogP contribution in [0.15, 0.2) is 0 Å². The molecule has 26 heavy (non-hydrogen) atoms. The van der Waals surface area contributed by atoms with Crippen LogP contribution >= 0.6 is 0 Å². The van der Waals surface area contributed by atoms with Crippen LogP contribution in [0.3, 0.4) is 0 Å². The number of aliphatic carboxylic acids is 1. The summed E-state index contributed by atoms with van der Waals surface area (Å²) >= 11 is 0. The van der Waals surface area contributed by atoms with E-state index >= 15 is 0 Å². The van der Waals surface area contributed by atoms with Crippen molar-refractivity contribution in [3.8, 4) is 0 Å². The molecule has 1 aromatic heterocycles. The maximum atomic E-state index is 12.2. The van der Waals surface area contributed by atoms with Crippen molar-refractivity contribution in [2.45, 2.75) is 64.5 Å². The first-order valence-electron chi connectivity index (χ1n) is 9.57. The zero-order chi connectivity index (χ0) is 18.8. The maximum Gasteiger partial charge on any atom is 0.317 e. The molecular weight excluding hydrogens is 332 g/mol. The Morgan fingerprint density at radius 3 is 2.54 bits per heavy atom. The third kappa shape index (κ3) is 4.63. The highest BCUT2D eigenvalue weighted by Gasteiger charge is 2.37. The molecule has 0 aliphatic heterocycles. The minimum absolute atomic E-state index is 0.0723. The molecule has 2 fully saturated rings. The van der Waals surface area contributed by atoms with Gasteiger partial charge in [-0.3, -0.25) is 19.2 Å². The highest BCUT2D eigenvalue weighted by atomic mass is 16.4. The van der Waals surface area contributed by atoms with E-state index in [-0.39, 0.29) is 18.5 Å². The number of hydrogen-bond donors (Lipinski definition) is 2. The molecule has 0 radical (unpaired) electrons. The molecule has 0 saturated heterocycles. The minimum atomic E-state index is -0.764. The Bertz CT molecular complexity index is 675. The van der Waals surface area contributed by atoms with E-state index in [0.717, 1.165) is 36.3 Å². The summed E-state index contributed by atoms with van der Waals surface area (Å²) in [6.07, 6.45) is 5.33. The third-order valence-electron chi connectivity index (χ3n) is 5.78. The fourth-order valence-corrected chi connectivity index (χ4v) is 3.87. The zero-order valence-corrected chi connectivity index (χ0v) is 16.0. The van der Waals surface area contributed by atoms with E-state index < -0.39 is 5.97 Å². The van der Waals surface area contributed by atoms with Crippen molar-refractivity contribution in [1.29, 1.82) is 0 Å². The zero-order valence-electron chi connectivity index (χ0n) is 16.0. The standard InChI is InChI=1S/C19H30N4O3/c1-12-17(13(2)22(3)21-12)6-7-18(24)20-15-8-16(9-15)23(11-19(25)26)10-14-4-5-14/h14-16H,4-11H2,1-3H3,(H,20,24)(H,25,26). The van der Waals surface area contributed by atoms with Gasteiger partial charge in [0.2, 0.25) is 5.91 Å². The highest BCUT2D eigenvalue weighted by Crippen LogP contribution is 2.33. The lowest BCUT2D eigenvalue weighted by molar-refractivity contribution is -0.140. The maximum absolute atomic E-state index is 12.2. The molecule has 2 aliphatic carbocycles. The van der Waals surface area contributed by atoms with Gasteiger partial charge in [-0.1, -0.05) is 0 Å². The number of carboxylic acids is 1. The van der Waals surface area contributed by atoms with E-state index in [0.29, 0.717) is 24.8 Å². The van der Waals surface area contributed by atoms with Crippen molar-refractivity contribution in [3.05, 3.63) is 17.0 Å². The van der Waals surface area contributed by atoms with Gasteiger partial charge in [-0.25, -0.2) is 0 Å². The Labute approximate surface area is 154 Å². The van der Waals surface area contributed by atoms with E-state index in [9.17, 15) is 9.59 Å². The smallest absolute Gasteiger partial charge is 0.317 e. The number of amides is 1. The fourth-order valence-electron chi connectivity index (χ4n) is 3.87. The third-order valence-corrected chi connectivity index (χ3v) is 5.78. The first-order valence-corrected chi connectivity index (χ1v) is 9.57. The van der Waals surface area contributed by atoms with E-state index in [4.69, 9.17) is 5.11 Å². The highest BCUT2D eigenvalue weighted by molar-refractivity contribution is 5.76. The van der Waals surface area contributed by atoms with Crippen molar-refractivity contribution in [3.63, 3.8) is 0 Å². The number of hydrogen-bond acceptors (Lipinski definition) is 4. The van der Waals surface area contributed by atoms with Crippen LogP contribution < -0.4 is 5.32 Å². The van der Waals surface area contributed by atoms with Gasteiger partial charge in [-0.2, -0.15) is 5.10 Å². The van der Waals surface area contributed by atoms with E-state index in [1.165, 1.54) is 12.8 Å². The SMILES string of the molecule is Cc1nn(C)c(C)c1CCC(=O)NC1CC(N(CC(=O)O)CC2CC2)C1. The van der Waals surface area contributed by atoms with Crippen molar-refractivity contribution in [2.75, 3.05) is 13.1 Å². The van der Waals surface area contributed by atoms with Gasteiger partial charge in [0, 0.05) is 37.8 Å². The first kappa shape index (κ1) is 18.9. The molecule has 0 bridgehead atoms. The van der Waals surface area contributed by atoms with Crippen LogP contribution in [0.4, 0.5) is 0 Å². The second-order valence-corrected chi connectivity index (χ2v) is 7.93. The number of aryl methyl sites for hydroxylation is 2. The molecule has 7 heteroatoms. The summed E-state index contributed by atoms with van der Waals surface area (Å²) in [5.41, 5.74) is 3.26. The van der Waals surface area contributed by atoms with E-state index in [1.54, 1.807) is 0 Å². The summed E-state index contributed by atoms with van der Waals surface area (Å²) in [5.74, 6) is -0.0163. The lowest BCUT2D eigenvalue weighted by atomic mass is 9.85. The number of carboxylic acid groups (broad SMARTS) is 1. The second kappa shape index (κ2) is 7.78. The Kier molecular flexibility index (Phi) is 5.65. The number of carbonyl (C=O) groups excluding carboxylic acids is 1. The van der Waals surface area contributed by atoms with Crippen molar-refractivity contribution in [2.24, 2.45) is 13.0 Å². The van der Waals surface area contributed by atoms with Crippen LogP contribution in [0.1, 0.15) is 49.1 Å². The Balaban J connectivity index is 1.41. The van der Waals surface area contributed by atoms with Gasteiger partial charge >= 0.3 is 5.97 Å². The number of rotatable bonds is 9. The molecule has 2 aliphatic rings. The quantitative estimate of drug-likeness (QED) is 0.694. The topological polar surface area (TPSA) is 87.5 Å². The molecule has 0 atom stereocenters. The van der Waals surface area contributed by atoms with Gasteiger partial charge in [0.1, 0.15) is 0 Å². The molecule has 7 nitrogen and oxygen atoms in total. The monoisotopic (exact) mass is 362 g/mol. The number of nitrogens with zero attached hydrogens (tertiary/aromatic N) is 3. The molecule has 0 unspecified atom stereocenters. The predicted octanol–water partition coefficient (Wildman–Crippen LogP) is 1.41. The molecule has 3 rings (SSSR count). The normalized spacial score (nSPS) is 22.3. The summed E-state index contributed by atoms with van der Waals surface area (Å²) < 4.78 is 1.86. The average Bonchev–Trinajstić information content (AvgIpc) is 3.29. The molecule has 144 valence electrons. The van der Waals surface area contributed by atoms with Crippen LogP contribution in [-0.4, -0.2) is 56.8 Å². The molecular formula is C19H30N4O3. The molecule has 2 N–H and O–H groups in total. The predicted molar refractivity (Wildman–Crippen MR) is 97.9 cm³/mol. The molecule has 1 amide bonds. The van der Waals surface area contributed by atoms with E-state index in [1.807, 2.05) is 25.6 Å². The van der Waals surface area contributed by atoms with Gasteiger partial charge in [0.25, 0.3) is 0 Å². The lowest BCUT2D eigenvalue weighted by Crippen LogP contribution is -2.55. The van der Waals surface area contributed by atoms with Crippen LogP contribution in [0.5, 0.6) is 0 Å². The van der Waals surface area contributed by atoms with Gasteiger partial charge < -0.3 is 10.4 Å². The average molecular weight is 362 g/mol. The van der Waals surface area contributed by atoms with E-state index in [2.05, 4.69) is 15.3 Å². The van der Waals surface area contributed by atoms with Gasteiger partial charge in [-0.05, 0) is 57.4 Å². The summed E-state index contributed by atoms with van der Waals surface area (Å²) in [6.45, 7) is 5.01. The van der Waals surface area contributed by atoms with Gasteiger partial charge in [0.15, 0.2) is 0 Å². The first-order chi connectivity index (χ1) is 12.3. The number of carbonyl (C=O) groups is 2. The lowest BCUT2D eigenvalue weighted by Gasteiger charge is -2.42. The van der Waals surface area contributed by atoms with Crippen molar-refractivity contribution in [1.82, 2.24) is 20.0 Å². The van der Waals surface area contributed by atoms with Crippen LogP contribution in [0.2, 0.25) is 0 Å². The molecule has 1 heterocycles. The summed E-state index contributed by atoms with van der Waals surface area (Å²) in [4.78, 5) is 25.4. The minimum Gasteiger partial charge on any atom is -0.480 e. The van der Waals surface area contributed by atoms with Crippen LogP contribution in [0, 0.1) is 19.8 Å². The molecule has 0 spiro atoms.